The van der Waals surface area contributed by atoms with Crippen molar-refractivity contribution >= 4 is 12.0 Å². The number of carboxylic acids is 1. The number of likely N-dealkylation sites (tertiary alicyclic amines) is 1. The Hall–Kier alpha value is -2.18. The van der Waals surface area contributed by atoms with E-state index < -0.39 is 29.6 Å². The number of rotatable bonds is 3. The van der Waals surface area contributed by atoms with Crippen LogP contribution in [0.15, 0.2) is 18.2 Å². The van der Waals surface area contributed by atoms with Gasteiger partial charge in [-0.1, -0.05) is 13.0 Å². The van der Waals surface area contributed by atoms with Gasteiger partial charge in [0.25, 0.3) is 0 Å². The van der Waals surface area contributed by atoms with E-state index >= 15 is 0 Å². The van der Waals surface area contributed by atoms with Gasteiger partial charge in [-0.2, -0.15) is 0 Å². The van der Waals surface area contributed by atoms with E-state index in [1.807, 2.05) is 6.92 Å². The zero-order valence-electron chi connectivity index (χ0n) is 12.2. The van der Waals surface area contributed by atoms with Crippen LogP contribution in [0.4, 0.5) is 13.6 Å². The van der Waals surface area contributed by atoms with Crippen molar-refractivity contribution in [3.8, 4) is 0 Å². The second-order valence-corrected chi connectivity index (χ2v) is 5.68. The maximum atomic E-state index is 13.5. The van der Waals surface area contributed by atoms with E-state index in [4.69, 9.17) is 5.11 Å². The quantitative estimate of drug-likeness (QED) is 0.899. The lowest BCUT2D eigenvalue weighted by Crippen LogP contribution is -2.49. The van der Waals surface area contributed by atoms with Crippen LogP contribution in [-0.4, -0.2) is 35.1 Å². The monoisotopic (exact) mass is 312 g/mol. The summed E-state index contributed by atoms with van der Waals surface area (Å²) in [5.41, 5.74) is 0.176. The van der Waals surface area contributed by atoms with Crippen LogP contribution in [0.25, 0.3) is 0 Å². The van der Waals surface area contributed by atoms with Gasteiger partial charge in [-0.3, -0.25) is 4.79 Å². The van der Waals surface area contributed by atoms with Gasteiger partial charge in [-0.15, -0.1) is 0 Å². The number of carbonyl (C=O) groups is 2. The number of nitrogens with zero attached hydrogens (tertiary/aromatic N) is 1. The van der Waals surface area contributed by atoms with Gasteiger partial charge in [0.15, 0.2) is 0 Å². The minimum atomic E-state index is -0.922. The van der Waals surface area contributed by atoms with Crippen molar-refractivity contribution in [2.75, 3.05) is 13.1 Å². The van der Waals surface area contributed by atoms with E-state index in [2.05, 4.69) is 5.32 Å². The number of amides is 2. The molecule has 0 aliphatic carbocycles. The van der Waals surface area contributed by atoms with Gasteiger partial charge in [-0.05, 0) is 18.4 Å². The van der Waals surface area contributed by atoms with Crippen LogP contribution in [0.3, 0.4) is 0 Å². The summed E-state index contributed by atoms with van der Waals surface area (Å²) in [5, 5.41) is 11.6. The Morgan fingerprint density at radius 2 is 2.09 bits per heavy atom. The molecule has 22 heavy (non-hydrogen) atoms. The number of carbonyl (C=O) groups excluding carboxylic acids is 1. The van der Waals surface area contributed by atoms with Crippen molar-refractivity contribution in [3.63, 3.8) is 0 Å². The highest BCUT2D eigenvalue weighted by Crippen LogP contribution is 2.21. The van der Waals surface area contributed by atoms with E-state index in [-0.39, 0.29) is 24.6 Å². The Balaban J connectivity index is 1.95. The van der Waals surface area contributed by atoms with Crippen molar-refractivity contribution in [2.45, 2.75) is 19.9 Å². The van der Waals surface area contributed by atoms with Crippen LogP contribution in [0.5, 0.6) is 0 Å². The predicted molar refractivity (Wildman–Crippen MR) is 75.1 cm³/mol. The number of carboxylic acid groups (broad SMARTS) is 1. The summed E-state index contributed by atoms with van der Waals surface area (Å²) in [6.45, 7) is 2.40. The summed E-state index contributed by atoms with van der Waals surface area (Å²) in [7, 11) is 0. The number of aliphatic carboxylic acids is 1. The second kappa shape index (κ2) is 6.72. The molecule has 1 heterocycles. The van der Waals surface area contributed by atoms with Crippen LogP contribution in [-0.2, 0) is 11.3 Å². The molecule has 0 saturated carbocycles. The molecule has 2 amide bonds. The molecule has 1 aromatic rings. The maximum Gasteiger partial charge on any atom is 0.317 e. The maximum absolute atomic E-state index is 13.5. The number of hydrogen-bond donors (Lipinski definition) is 2. The molecular weight excluding hydrogens is 294 g/mol. The Morgan fingerprint density at radius 1 is 1.36 bits per heavy atom. The molecule has 5 nitrogen and oxygen atoms in total. The molecule has 1 aromatic carbocycles. The Labute approximate surface area is 126 Å². The van der Waals surface area contributed by atoms with Gasteiger partial charge in [0.05, 0.1) is 5.92 Å². The first-order chi connectivity index (χ1) is 10.4. The van der Waals surface area contributed by atoms with E-state index in [1.165, 1.54) is 11.0 Å². The molecule has 0 bridgehead atoms. The third-order valence-corrected chi connectivity index (χ3v) is 3.74. The highest BCUT2D eigenvalue weighted by Gasteiger charge is 2.31. The van der Waals surface area contributed by atoms with Crippen molar-refractivity contribution < 1.29 is 23.5 Å². The van der Waals surface area contributed by atoms with Crippen molar-refractivity contribution in [3.05, 3.63) is 35.4 Å². The Morgan fingerprint density at radius 3 is 2.73 bits per heavy atom. The lowest BCUT2D eigenvalue weighted by atomic mass is 9.91. The fraction of sp³-hybridized carbons (Fsp3) is 0.467. The number of urea groups is 1. The number of halogens is 2. The van der Waals surface area contributed by atoms with Crippen LogP contribution < -0.4 is 5.32 Å². The molecule has 120 valence electrons. The van der Waals surface area contributed by atoms with Gasteiger partial charge in [-0.25, -0.2) is 13.6 Å². The first-order valence-corrected chi connectivity index (χ1v) is 7.06. The highest BCUT2D eigenvalue weighted by molar-refractivity contribution is 5.76. The summed E-state index contributed by atoms with van der Waals surface area (Å²) < 4.78 is 26.3. The lowest BCUT2D eigenvalue weighted by molar-refractivity contribution is -0.143. The summed E-state index contributed by atoms with van der Waals surface area (Å²) in [5.74, 6) is -2.83. The first kappa shape index (κ1) is 16.2. The SMILES string of the molecule is CC1CC(C(=O)O)CN(C(=O)NCc2ccc(F)cc2F)C1. The summed E-state index contributed by atoms with van der Waals surface area (Å²) >= 11 is 0. The van der Waals surface area contributed by atoms with Crippen molar-refractivity contribution in [1.29, 1.82) is 0 Å². The average molecular weight is 312 g/mol. The normalized spacial score (nSPS) is 21.5. The van der Waals surface area contributed by atoms with Gasteiger partial charge in [0, 0.05) is 31.3 Å². The van der Waals surface area contributed by atoms with E-state index in [1.54, 1.807) is 0 Å². The number of nitrogens with one attached hydrogen (secondary N) is 1. The third-order valence-electron chi connectivity index (χ3n) is 3.74. The average Bonchev–Trinajstić information content (AvgIpc) is 2.45. The molecule has 1 fully saturated rings. The zero-order valence-corrected chi connectivity index (χ0v) is 12.2. The molecule has 1 aliphatic rings. The molecule has 0 aromatic heterocycles. The number of hydrogen-bond acceptors (Lipinski definition) is 2. The van der Waals surface area contributed by atoms with E-state index in [9.17, 15) is 18.4 Å². The molecule has 2 rings (SSSR count). The molecule has 1 saturated heterocycles. The smallest absolute Gasteiger partial charge is 0.317 e. The van der Waals surface area contributed by atoms with Gasteiger partial charge in [0.1, 0.15) is 11.6 Å². The fourth-order valence-electron chi connectivity index (χ4n) is 2.64. The minimum absolute atomic E-state index is 0.0758. The summed E-state index contributed by atoms with van der Waals surface area (Å²) in [4.78, 5) is 24.6. The lowest BCUT2D eigenvalue weighted by Gasteiger charge is -2.34. The number of benzene rings is 1. The molecule has 0 radical (unpaired) electrons. The molecule has 2 unspecified atom stereocenters. The minimum Gasteiger partial charge on any atom is -0.481 e. The van der Waals surface area contributed by atoms with Gasteiger partial charge >= 0.3 is 12.0 Å². The molecule has 1 aliphatic heterocycles. The number of piperidine rings is 1. The van der Waals surface area contributed by atoms with E-state index in [0.717, 1.165) is 12.1 Å². The zero-order chi connectivity index (χ0) is 16.3. The van der Waals surface area contributed by atoms with Crippen molar-refractivity contribution in [1.82, 2.24) is 10.2 Å². The highest BCUT2D eigenvalue weighted by atomic mass is 19.1. The molecule has 7 heteroatoms. The fourth-order valence-corrected chi connectivity index (χ4v) is 2.64. The molecule has 2 N–H and O–H groups in total. The van der Waals surface area contributed by atoms with Gasteiger partial charge < -0.3 is 15.3 Å². The molecule has 0 spiro atoms. The summed E-state index contributed by atoms with van der Waals surface area (Å²) in [6.07, 6.45) is 0.533. The van der Waals surface area contributed by atoms with Crippen LogP contribution >= 0.6 is 0 Å². The van der Waals surface area contributed by atoms with Crippen LogP contribution in [0.1, 0.15) is 18.9 Å². The van der Waals surface area contributed by atoms with Crippen molar-refractivity contribution in [2.24, 2.45) is 11.8 Å². The van der Waals surface area contributed by atoms with Gasteiger partial charge in [0.2, 0.25) is 0 Å². The second-order valence-electron chi connectivity index (χ2n) is 5.68. The Kier molecular flexibility index (Phi) is 4.95. The first-order valence-electron chi connectivity index (χ1n) is 7.06. The summed E-state index contributed by atoms with van der Waals surface area (Å²) in [6, 6.07) is 2.70. The third kappa shape index (κ3) is 3.93. The molecule has 2 atom stereocenters. The van der Waals surface area contributed by atoms with Crippen LogP contribution in [0, 0.1) is 23.5 Å². The topological polar surface area (TPSA) is 69.6 Å². The Bertz CT molecular complexity index is 580. The van der Waals surface area contributed by atoms with E-state index in [0.29, 0.717) is 13.0 Å². The molecular formula is C15H18F2N2O3. The largest absolute Gasteiger partial charge is 0.481 e. The predicted octanol–water partition coefficient (Wildman–Crippen LogP) is 2.22. The standard InChI is InChI=1S/C15H18F2N2O3/c1-9-4-11(14(20)21)8-19(7-9)15(22)18-6-10-2-3-12(16)5-13(10)17/h2-3,5,9,11H,4,6-8H2,1H3,(H,18,22)(H,20,21). The van der Waals surface area contributed by atoms with Crippen LogP contribution in [0.2, 0.25) is 0 Å².